The van der Waals surface area contributed by atoms with Gasteiger partial charge >= 0.3 is 0 Å². The Kier molecular flexibility index (Phi) is 4.17. The van der Waals surface area contributed by atoms with Crippen LogP contribution in [0.3, 0.4) is 0 Å². The van der Waals surface area contributed by atoms with Crippen LogP contribution >= 0.6 is 0 Å². The molecular formula is C9H20O2Si. The van der Waals surface area contributed by atoms with E-state index < -0.39 is 14.1 Å². The van der Waals surface area contributed by atoms with Crippen molar-refractivity contribution in [3.8, 4) is 0 Å². The molecule has 0 heterocycles. The molecule has 0 aliphatic heterocycles. The molecule has 0 aromatic rings. The van der Waals surface area contributed by atoms with E-state index in [-0.39, 0.29) is 0 Å². The maximum Gasteiger partial charge on any atom is 0.187 e. The van der Waals surface area contributed by atoms with Crippen LogP contribution in [0.1, 0.15) is 13.8 Å². The molecule has 0 aliphatic rings. The van der Waals surface area contributed by atoms with Gasteiger partial charge in [0.2, 0.25) is 0 Å². The molecule has 0 N–H and O–H groups in total. The van der Waals surface area contributed by atoms with Crippen LogP contribution in [0.5, 0.6) is 0 Å². The summed E-state index contributed by atoms with van der Waals surface area (Å²) in [6, 6.07) is 0. The predicted octanol–water partition coefficient (Wildman–Crippen LogP) is 2.78. The third-order valence-corrected chi connectivity index (χ3v) is 2.40. The second-order valence-corrected chi connectivity index (χ2v) is 8.36. The maximum atomic E-state index is 5.84. The molecule has 0 amide bonds. The van der Waals surface area contributed by atoms with E-state index in [2.05, 4.69) is 19.6 Å². The maximum absolute atomic E-state index is 5.84. The van der Waals surface area contributed by atoms with E-state index in [1.165, 1.54) is 0 Å². The molecule has 0 saturated heterocycles. The zero-order valence-corrected chi connectivity index (χ0v) is 9.97. The van der Waals surface area contributed by atoms with Gasteiger partial charge < -0.3 is 9.16 Å². The average Bonchev–Trinajstić information content (AvgIpc) is 1.84. The summed E-state index contributed by atoms with van der Waals surface area (Å²) < 4.78 is 11.1. The molecule has 72 valence electrons. The lowest BCUT2D eigenvalue weighted by atomic mass is 10.3. The molecule has 0 fully saturated rings. The third kappa shape index (κ3) is 4.69. The number of ether oxygens (including phenoxy) is 1. The van der Waals surface area contributed by atoms with Crippen LogP contribution in [0.2, 0.25) is 19.6 Å². The zero-order valence-electron chi connectivity index (χ0n) is 8.97. The summed E-state index contributed by atoms with van der Waals surface area (Å²) in [6.07, 6.45) is 3.88. The SMILES string of the molecule is C/C=C/C(C)(OC)O[Si](C)(C)C. The molecule has 12 heavy (non-hydrogen) atoms. The Morgan fingerprint density at radius 3 is 2.00 bits per heavy atom. The smallest absolute Gasteiger partial charge is 0.187 e. The fourth-order valence-corrected chi connectivity index (χ4v) is 2.42. The molecule has 0 spiro atoms. The van der Waals surface area contributed by atoms with E-state index in [4.69, 9.17) is 9.16 Å². The topological polar surface area (TPSA) is 18.5 Å². The van der Waals surface area contributed by atoms with Gasteiger partial charge in [0.15, 0.2) is 14.1 Å². The highest BCUT2D eigenvalue weighted by Gasteiger charge is 2.28. The van der Waals surface area contributed by atoms with Gasteiger partial charge in [-0.15, -0.1) is 0 Å². The molecule has 0 rings (SSSR count). The summed E-state index contributed by atoms with van der Waals surface area (Å²) in [7, 11) is 0.140. The predicted molar refractivity (Wildman–Crippen MR) is 54.7 cm³/mol. The van der Waals surface area contributed by atoms with Gasteiger partial charge in [0.1, 0.15) is 0 Å². The first-order valence-electron chi connectivity index (χ1n) is 4.22. The van der Waals surface area contributed by atoms with Crippen molar-refractivity contribution in [2.75, 3.05) is 7.11 Å². The van der Waals surface area contributed by atoms with Crippen LogP contribution in [-0.4, -0.2) is 21.2 Å². The van der Waals surface area contributed by atoms with Crippen LogP contribution < -0.4 is 0 Å². The second kappa shape index (κ2) is 4.21. The minimum absolute atomic E-state index is 0.542. The largest absolute Gasteiger partial charge is 0.388 e. The van der Waals surface area contributed by atoms with E-state index >= 15 is 0 Å². The van der Waals surface area contributed by atoms with Crippen molar-refractivity contribution < 1.29 is 9.16 Å². The number of rotatable bonds is 4. The Labute approximate surface area is 76.7 Å². The highest BCUT2D eigenvalue weighted by Crippen LogP contribution is 2.19. The van der Waals surface area contributed by atoms with Crippen LogP contribution in [0.4, 0.5) is 0 Å². The Bertz CT molecular complexity index is 160. The van der Waals surface area contributed by atoms with E-state index in [0.717, 1.165) is 0 Å². The minimum atomic E-state index is -1.53. The van der Waals surface area contributed by atoms with Crippen molar-refractivity contribution in [2.24, 2.45) is 0 Å². The summed E-state index contributed by atoms with van der Waals surface area (Å²) in [4.78, 5) is 0. The van der Waals surface area contributed by atoms with Gasteiger partial charge in [-0.05, 0) is 39.6 Å². The fraction of sp³-hybridized carbons (Fsp3) is 0.778. The van der Waals surface area contributed by atoms with Gasteiger partial charge in [-0.2, -0.15) is 0 Å². The molecule has 1 unspecified atom stereocenters. The Hall–Kier alpha value is -0.123. The van der Waals surface area contributed by atoms with E-state index in [9.17, 15) is 0 Å². The van der Waals surface area contributed by atoms with Gasteiger partial charge in [0.05, 0.1) is 0 Å². The average molecular weight is 188 g/mol. The summed E-state index contributed by atoms with van der Waals surface area (Å²) in [5.41, 5.74) is 0. The molecule has 2 nitrogen and oxygen atoms in total. The van der Waals surface area contributed by atoms with E-state index in [1.807, 2.05) is 26.0 Å². The Balaban J connectivity index is 4.34. The third-order valence-electron chi connectivity index (χ3n) is 1.38. The lowest BCUT2D eigenvalue weighted by molar-refractivity contribution is -0.115. The van der Waals surface area contributed by atoms with Crippen molar-refractivity contribution >= 4 is 8.32 Å². The fourth-order valence-electron chi connectivity index (χ4n) is 1.05. The van der Waals surface area contributed by atoms with Gasteiger partial charge in [0.25, 0.3) is 0 Å². The molecule has 0 saturated carbocycles. The highest BCUT2D eigenvalue weighted by atomic mass is 28.4. The molecule has 0 radical (unpaired) electrons. The van der Waals surface area contributed by atoms with E-state index in [1.54, 1.807) is 7.11 Å². The van der Waals surface area contributed by atoms with Crippen LogP contribution in [-0.2, 0) is 9.16 Å². The second-order valence-electron chi connectivity index (χ2n) is 3.93. The van der Waals surface area contributed by atoms with Gasteiger partial charge in [-0.1, -0.05) is 6.08 Å². The molecule has 1 atom stereocenters. The molecule has 3 heteroatoms. The molecule has 0 aliphatic carbocycles. The standard InChI is InChI=1S/C9H20O2Si/c1-7-8-9(2,10-3)11-12(4,5)6/h7-8H,1-6H3/b8-7+. The van der Waals surface area contributed by atoms with Gasteiger partial charge in [0, 0.05) is 7.11 Å². The van der Waals surface area contributed by atoms with Crippen molar-refractivity contribution in [3.63, 3.8) is 0 Å². The summed E-state index contributed by atoms with van der Waals surface area (Å²) in [5, 5.41) is 0. The highest BCUT2D eigenvalue weighted by molar-refractivity contribution is 6.69. The Morgan fingerprint density at radius 2 is 1.75 bits per heavy atom. The first-order chi connectivity index (χ1) is 5.33. The van der Waals surface area contributed by atoms with Gasteiger partial charge in [-0.3, -0.25) is 0 Å². The first kappa shape index (κ1) is 11.9. The molecule has 0 aromatic heterocycles. The van der Waals surface area contributed by atoms with Crippen LogP contribution in [0.25, 0.3) is 0 Å². The van der Waals surface area contributed by atoms with Gasteiger partial charge in [-0.25, -0.2) is 0 Å². The quantitative estimate of drug-likeness (QED) is 0.384. The molecular weight excluding hydrogens is 168 g/mol. The lowest BCUT2D eigenvalue weighted by Crippen LogP contribution is -2.40. The Morgan fingerprint density at radius 1 is 1.25 bits per heavy atom. The van der Waals surface area contributed by atoms with Crippen molar-refractivity contribution in [3.05, 3.63) is 12.2 Å². The zero-order chi connectivity index (χ0) is 9.83. The number of hydrogen-bond acceptors (Lipinski definition) is 2. The van der Waals surface area contributed by atoms with Crippen molar-refractivity contribution in [2.45, 2.75) is 39.3 Å². The normalized spacial score (nSPS) is 18.2. The molecule has 0 aromatic carbocycles. The minimum Gasteiger partial charge on any atom is -0.388 e. The first-order valence-corrected chi connectivity index (χ1v) is 7.63. The van der Waals surface area contributed by atoms with E-state index in [0.29, 0.717) is 0 Å². The van der Waals surface area contributed by atoms with Crippen LogP contribution in [0.15, 0.2) is 12.2 Å². The lowest BCUT2D eigenvalue weighted by Gasteiger charge is -2.32. The number of methoxy groups -OCH3 is 1. The summed E-state index contributed by atoms with van der Waals surface area (Å²) in [5.74, 6) is -0.542. The summed E-state index contributed by atoms with van der Waals surface area (Å²) >= 11 is 0. The monoisotopic (exact) mass is 188 g/mol. The number of allylic oxidation sites excluding steroid dienone is 1. The van der Waals surface area contributed by atoms with Crippen molar-refractivity contribution in [1.82, 2.24) is 0 Å². The summed E-state index contributed by atoms with van der Waals surface area (Å²) in [6.45, 7) is 10.3. The number of hydrogen-bond donors (Lipinski definition) is 0. The van der Waals surface area contributed by atoms with Crippen molar-refractivity contribution in [1.29, 1.82) is 0 Å². The van der Waals surface area contributed by atoms with Crippen LogP contribution in [0, 0.1) is 0 Å². The molecule has 0 bridgehead atoms.